The minimum Gasteiger partial charge on any atom is -0.308 e. The van der Waals surface area contributed by atoms with Gasteiger partial charge in [0.2, 0.25) is 0 Å². The van der Waals surface area contributed by atoms with Gasteiger partial charge in [-0.15, -0.1) is 0 Å². The van der Waals surface area contributed by atoms with E-state index in [4.69, 9.17) is 0 Å². The molecule has 0 spiro atoms. The predicted octanol–water partition coefficient (Wildman–Crippen LogP) is 3.07. The van der Waals surface area contributed by atoms with Gasteiger partial charge in [-0.25, -0.2) is 0 Å². The van der Waals surface area contributed by atoms with E-state index in [-0.39, 0.29) is 5.56 Å². The van der Waals surface area contributed by atoms with Gasteiger partial charge in [0, 0.05) is 12.1 Å². The Bertz CT molecular complexity index is 637. The molecular formula is C15H17NO. The first-order valence-corrected chi connectivity index (χ1v) is 6.34. The molecule has 2 aromatic rings. The summed E-state index contributed by atoms with van der Waals surface area (Å²) in [6.45, 7) is 5.04. The standard InChI is InChI=1S/C15H17NO/c1-10(2)13-9-12-6-3-5-11-7-4-8-16(14(11)12)15(13)17/h3,5-6,9-10H,4,7-8H2,1-2H3. The van der Waals surface area contributed by atoms with Crippen molar-refractivity contribution in [1.29, 1.82) is 0 Å². The molecule has 0 atom stereocenters. The van der Waals surface area contributed by atoms with Crippen LogP contribution in [0.25, 0.3) is 10.9 Å². The van der Waals surface area contributed by atoms with Crippen molar-refractivity contribution in [1.82, 2.24) is 4.57 Å². The van der Waals surface area contributed by atoms with Gasteiger partial charge in [-0.1, -0.05) is 32.0 Å². The van der Waals surface area contributed by atoms with Crippen molar-refractivity contribution in [2.75, 3.05) is 0 Å². The van der Waals surface area contributed by atoms with Crippen LogP contribution in [0.4, 0.5) is 0 Å². The molecule has 0 fully saturated rings. The lowest BCUT2D eigenvalue weighted by molar-refractivity contribution is 0.607. The van der Waals surface area contributed by atoms with E-state index in [0.717, 1.165) is 30.5 Å². The normalized spacial score (nSPS) is 14.5. The third kappa shape index (κ3) is 1.51. The van der Waals surface area contributed by atoms with E-state index in [1.807, 2.05) is 4.57 Å². The zero-order valence-corrected chi connectivity index (χ0v) is 10.4. The fraction of sp³-hybridized carbons (Fsp3) is 0.400. The summed E-state index contributed by atoms with van der Waals surface area (Å²) in [5.74, 6) is 0.293. The van der Waals surface area contributed by atoms with Crippen molar-refractivity contribution >= 4 is 10.9 Å². The monoisotopic (exact) mass is 227 g/mol. The minimum atomic E-state index is 0.208. The molecule has 2 nitrogen and oxygen atoms in total. The van der Waals surface area contributed by atoms with Crippen molar-refractivity contribution in [3.8, 4) is 0 Å². The molecule has 1 aliphatic heterocycles. The zero-order valence-electron chi connectivity index (χ0n) is 10.4. The highest BCUT2D eigenvalue weighted by molar-refractivity contribution is 5.83. The summed E-state index contributed by atoms with van der Waals surface area (Å²) in [5, 5.41) is 1.21. The van der Waals surface area contributed by atoms with E-state index >= 15 is 0 Å². The van der Waals surface area contributed by atoms with Crippen molar-refractivity contribution in [2.45, 2.75) is 39.2 Å². The molecule has 2 heterocycles. The topological polar surface area (TPSA) is 22.0 Å². The molecule has 0 saturated carbocycles. The van der Waals surface area contributed by atoms with Gasteiger partial charge in [0.25, 0.3) is 5.56 Å². The molecule has 17 heavy (non-hydrogen) atoms. The van der Waals surface area contributed by atoms with Gasteiger partial charge in [0.05, 0.1) is 5.52 Å². The molecule has 0 saturated heterocycles. The Morgan fingerprint density at radius 2 is 2.12 bits per heavy atom. The van der Waals surface area contributed by atoms with Gasteiger partial charge < -0.3 is 4.57 Å². The quantitative estimate of drug-likeness (QED) is 0.734. The Morgan fingerprint density at radius 3 is 2.88 bits per heavy atom. The summed E-state index contributed by atoms with van der Waals surface area (Å²) in [4.78, 5) is 12.4. The average molecular weight is 227 g/mol. The Balaban J connectivity index is 2.46. The van der Waals surface area contributed by atoms with Crippen molar-refractivity contribution in [3.63, 3.8) is 0 Å². The van der Waals surface area contributed by atoms with Gasteiger partial charge in [-0.05, 0) is 35.8 Å². The number of para-hydroxylation sites is 1. The van der Waals surface area contributed by atoms with Gasteiger partial charge in [-0.3, -0.25) is 4.79 Å². The van der Waals surface area contributed by atoms with Crippen molar-refractivity contribution < 1.29 is 0 Å². The molecule has 0 unspecified atom stereocenters. The number of hydrogen-bond donors (Lipinski definition) is 0. The molecule has 2 heteroatoms. The van der Waals surface area contributed by atoms with Gasteiger partial charge in [0.1, 0.15) is 0 Å². The van der Waals surface area contributed by atoms with Crippen LogP contribution in [0.1, 0.15) is 37.3 Å². The largest absolute Gasteiger partial charge is 0.308 e. The van der Waals surface area contributed by atoms with Crippen LogP contribution in [0.15, 0.2) is 29.1 Å². The fourth-order valence-electron chi connectivity index (χ4n) is 2.80. The fourth-order valence-corrected chi connectivity index (χ4v) is 2.80. The molecule has 0 bridgehead atoms. The highest BCUT2D eigenvalue weighted by atomic mass is 16.1. The SMILES string of the molecule is CC(C)c1cc2cccc3c2n(c1=O)CCC3. The average Bonchev–Trinajstić information content (AvgIpc) is 2.33. The van der Waals surface area contributed by atoms with Crippen LogP contribution in [0.5, 0.6) is 0 Å². The molecule has 0 N–H and O–H groups in total. The number of benzene rings is 1. The van der Waals surface area contributed by atoms with Crippen LogP contribution in [-0.4, -0.2) is 4.57 Å². The van der Waals surface area contributed by atoms with Crippen LogP contribution in [-0.2, 0) is 13.0 Å². The Labute approximate surface area is 101 Å². The van der Waals surface area contributed by atoms with Crippen LogP contribution >= 0.6 is 0 Å². The number of aromatic nitrogens is 1. The number of hydrogen-bond acceptors (Lipinski definition) is 1. The van der Waals surface area contributed by atoms with E-state index in [9.17, 15) is 4.79 Å². The van der Waals surface area contributed by atoms with Gasteiger partial charge in [-0.2, -0.15) is 0 Å². The first-order chi connectivity index (χ1) is 8.18. The number of aryl methyl sites for hydroxylation is 2. The van der Waals surface area contributed by atoms with Crippen LogP contribution in [0.3, 0.4) is 0 Å². The molecule has 0 aliphatic carbocycles. The first-order valence-electron chi connectivity index (χ1n) is 6.34. The van der Waals surface area contributed by atoms with E-state index in [0.29, 0.717) is 5.92 Å². The lowest BCUT2D eigenvalue weighted by Crippen LogP contribution is -2.27. The second-order valence-corrected chi connectivity index (χ2v) is 5.17. The van der Waals surface area contributed by atoms with Crippen molar-refractivity contribution in [3.05, 3.63) is 45.7 Å². The van der Waals surface area contributed by atoms with E-state index in [1.165, 1.54) is 10.9 Å². The zero-order chi connectivity index (χ0) is 12.0. The molecular weight excluding hydrogens is 210 g/mol. The molecule has 88 valence electrons. The number of rotatable bonds is 1. The van der Waals surface area contributed by atoms with Gasteiger partial charge >= 0.3 is 0 Å². The summed E-state index contributed by atoms with van der Waals surface area (Å²) in [6.07, 6.45) is 2.17. The first kappa shape index (κ1) is 10.6. The highest BCUT2D eigenvalue weighted by Gasteiger charge is 2.16. The molecule has 1 aliphatic rings. The van der Waals surface area contributed by atoms with Crippen LogP contribution < -0.4 is 5.56 Å². The van der Waals surface area contributed by atoms with E-state index in [2.05, 4.69) is 38.1 Å². The van der Waals surface area contributed by atoms with E-state index in [1.54, 1.807) is 0 Å². The van der Waals surface area contributed by atoms with Crippen molar-refractivity contribution in [2.24, 2.45) is 0 Å². The maximum atomic E-state index is 12.4. The summed E-state index contributed by atoms with van der Waals surface area (Å²) in [6, 6.07) is 8.44. The molecule has 0 amide bonds. The maximum Gasteiger partial charge on any atom is 0.254 e. The molecule has 0 radical (unpaired) electrons. The summed E-state index contributed by atoms with van der Waals surface area (Å²) in [7, 11) is 0. The number of pyridine rings is 1. The number of nitrogens with zero attached hydrogens (tertiary/aromatic N) is 1. The van der Waals surface area contributed by atoms with Crippen LogP contribution in [0.2, 0.25) is 0 Å². The lowest BCUT2D eigenvalue weighted by Gasteiger charge is -2.21. The second-order valence-electron chi connectivity index (χ2n) is 5.17. The summed E-state index contributed by atoms with van der Waals surface area (Å²) < 4.78 is 1.98. The maximum absolute atomic E-state index is 12.4. The Kier molecular flexibility index (Phi) is 2.32. The van der Waals surface area contributed by atoms with Gasteiger partial charge in [0.15, 0.2) is 0 Å². The molecule has 1 aromatic heterocycles. The Hall–Kier alpha value is -1.57. The third-order valence-electron chi connectivity index (χ3n) is 3.67. The highest BCUT2D eigenvalue weighted by Crippen LogP contribution is 2.25. The predicted molar refractivity (Wildman–Crippen MR) is 70.6 cm³/mol. The summed E-state index contributed by atoms with van der Waals surface area (Å²) >= 11 is 0. The third-order valence-corrected chi connectivity index (χ3v) is 3.67. The minimum absolute atomic E-state index is 0.208. The molecule has 1 aromatic carbocycles. The summed E-state index contributed by atoms with van der Waals surface area (Å²) in [5.41, 5.74) is 3.63. The second kappa shape index (κ2) is 3.73. The van der Waals surface area contributed by atoms with Crippen LogP contribution in [0, 0.1) is 0 Å². The lowest BCUT2D eigenvalue weighted by atomic mass is 9.97. The smallest absolute Gasteiger partial charge is 0.254 e. The van der Waals surface area contributed by atoms with E-state index < -0.39 is 0 Å². The Morgan fingerprint density at radius 1 is 1.29 bits per heavy atom. The molecule has 3 rings (SSSR count).